The molecular formula is C14H21NO. The van der Waals surface area contributed by atoms with E-state index >= 15 is 0 Å². The first-order valence-corrected chi connectivity index (χ1v) is 6.25. The SMILES string of the molecule is CCOCc1ccccc1CCC1CNC1. The molecule has 2 rings (SSSR count). The lowest BCUT2D eigenvalue weighted by Crippen LogP contribution is -2.42. The van der Waals surface area contributed by atoms with Crippen LogP contribution in [0.25, 0.3) is 0 Å². The topological polar surface area (TPSA) is 21.3 Å². The number of rotatable bonds is 6. The Morgan fingerprint density at radius 2 is 2.00 bits per heavy atom. The van der Waals surface area contributed by atoms with Crippen molar-refractivity contribution in [1.82, 2.24) is 5.32 Å². The summed E-state index contributed by atoms with van der Waals surface area (Å²) in [5, 5.41) is 3.32. The summed E-state index contributed by atoms with van der Waals surface area (Å²) in [6.45, 7) is 6.00. The molecule has 1 saturated heterocycles. The second-order valence-corrected chi connectivity index (χ2v) is 4.47. The third-order valence-corrected chi connectivity index (χ3v) is 3.27. The molecule has 1 fully saturated rings. The van der Waals surface area contributed by atoms with Crippen molar-refractivity contribution in [2.45, 2.75) is 26.4 Å². The van der Waals surface area contributed by atoms with Crippen molar-refractivity contribution in [2.75, 3.05) is 19.7 Å². The lowest BCUT2D eigenvalue weighted by atomic mass is 9.93. The van der Waals surface area contributed by atoms with E-state index in [-0.39, 0.29) is 0 Å². The predicted molar refractivity (Wildman–Crippen MR) is 66.5 cm³/mol. The average Bonchev–Trinajstić information content (AvgIpc) is 2.26. The molecule has 1 aromatic rings. The van der Waals surface area contributed by atoms with E-state index in [9.17, 15) is 0 Å². The standard InChI is InChI=1S/C14H21NO/c1-2-16-11-14-6-4-3-5-13(14)8-7-12-9-15-10-12/h3-6,12,15H,2,7-11H2,1H3. The molecule has 1 heterocycles. The fourth-order valence-electron chi connectivity index (χ4n) is 2.07. The van der Waals surface area contributed by atoms with E-state index < -0.39 is 0 Å². The van der Waals surface area contributed by atoms with E-state index in [4.69, 9.17) is 4.74 Å². The van der Waals surface area contributed by atoms with Crippen molar-refractivity contribution in [3.63, 3.8) is 0 Å². The summed E-state index contributed by atoms with van der Waals surface area (Å²) < 4.78 is 5.49. The van der Waals surface area contributed by atoms with Gasteiger partial charge in [0.05, 0.1) is 6.61 Å². The van der Waals surface area contributed by atoms with E-state index in [2.05, 4.69) is 29.6 Å². The van der Waals surface area contributed by atoms with Gasteiger partial charge in [-0.05, 0) is 49.9 Å². The highest BCUT2D eigenvalue weighted by Crippen LogP contribution is 2.17. The monoisotopic (exact) mass is 219 g/mol. The van der Waals surface area contributed by atoms with Gasteiger partial charge in [-0.15, -0.1) is 0 Å². The molecule has 1 N–H and O–H groups in total. The number of aryl methyl sites for hydroxylation is 1. The molecule has 0 aromatic heterocycles. The van der Waals surface area contributed by atoms with Gasteiger partial charge in [0.2, 0.25) is 0 Å². The maximum atomic E-state index is 5.49. The molecule has 2 nitrogen and oxygen atoms in total. The Balaban J connectivity index is 1.89. The largest absolute Gasteiger partial charge is 0.377 e. The molecule has 88 valence electrons. The number of nitrogens with one attached hydrogen (secondary N) is 1. The van der Waals surface area contributed by atoms with Crippen molar-refractivity contribution in [3.05, 3.63) is 35.4 Å². The molecule has 1 aliphatic heterocycles. The highest BCUT2D eigenvalue weighted by molar-refractivity contribution is 5.26. The second-order valence-electron chi connectivity index (χ2n) is 4.47. The Morgan fingerprint density at radius 1 is 1.25 bits per heavy atom. The first-order chi connectivity index (χ1) is 7.90. The molecule has 0 amide bonds. The Hall–Kier alpha value is -0.860. The summed E-state index contributed by atoms with van der Waals surface area (Å²) in [7, 11) is 0. The van der Waals surface area contributed by atoms with Crippen LogP contribution in [-0.4, -0.2) is 19.7 Å². The van der Waals surface area contributed by atoms with Gasteiger partial charge in [-0.2, -0.15) is 0 Å². The first-order valence-electron chi connectivity index (χ1n) is 6.25. The minimum atomic E-state index is 0.760. The van der Waals surface area contributed by atoms with Crippen LogP contribution >= 0.6 is 0 Å². The molecule has 16 heavy (non-hydrogen) atoms. The van der Waals surface area contributed by atoms with E-state index in [1.165, 1.54) is 37.1 Å². The zero-order valence-electron chi connectivity index (χ0n) is 10.0. The number of hydrogen-bond acceptors (Lipinski definition) is 2. The van der Waals surface area contributed by atoms with Crippen LogP contribution in [0, 0.1) is 5.92 Å². The van der Waals surface area contributed by atoms with Gasteiger partial charge in [-0.3, -0.25) is 0 Å². The van der Waals surface area contributed by atoms with Gasteiger partial charge in [-0.1, -0.05) is 24.3 Å². The molecule has 0 atom stereocenters. The maximum Gasteiger partial charge on any atom is 0.0719 e. The normalized spacial score (nSPS) is 16.1. The Bertz CT molecular complexity index is 320. The van der Waals surface area contributed by atoms with E-state index in [0.29, 0.717) is 0 Å². The van der Waals surface area contributed by atoms with Crippen LogP contribution in [0.5, 0.6) is 0 Å². The predicted octanol–water partition coefficient (Wildman–Crippen LogP) is 2.38. The van der Waals surface area contributed by atoms with Gasteiger partial charge < -0.3 is 10.1 Å². The molecule has 0 saturated carbocycles. The zero-order valence-corrected chi connectivity index (χ0v) is 10.0. The number of hydrogen-bond donors (Lipinski definition) is 1. The molecule has 1 aromatic carbocycles. The van der Waals surface area contributed by atoms with Crippen molar-refractivity contribution in [3.8, 4) is 0 Å². The maximum absolute atomic E-state index is 5.49. The van der Waals surface area contributed by atoms with Crippen molar-refractivity contribution >= 4 is 0 Å². The van der Waals surface area contributed by atoms with E-state index in [0.717, 1.165) is 19.1 Å². The lowest BCUT2D eigenvalue weighted by Gasteiger charge is -2.27. The molecule has 0 bridgehead atoms. The van der Waals surface area contributed by atoms with Gasteiger partial charge in [0.25, 0.3) is 0 Å². The van der Waals surface area contributed by atoms with Crippen molar-refractivity contribution < 1.29 is 4.74 Å². The van der Waals surface area contributed by atoms with Gasteiger partial charge >= 0.3 is 0 Å². The summed E-state index contributed by atoms with van der Waals surface area (Å²) in [4.78, 5) is 0. The highest BCUT2D eigenvalue weighted by atomic mass is 16.5. The Kier molecular flexibility index (Phi) is 4.37. The second kappa shape index (κ2) is 6.02. The fraction of sp³-hybridized carbons (Fsp3) is 0.571. The molecule has 0 radical (unpaired) electrons. The third kappa shape index (κ3) is 3.06. The minimum absolute atomic E-state index is 0.760. The van der Waals surface area contributed by atoms with Crippen LogP contribution in [0.4, 0.5) is 0 Å². The summed E-state index contributed by atoms with van der Waals surface area (Å²) in [5.74, 6) is 0.889. The Labute approximate surface area is 98.0 Å². The summed E-state index contributed by atoms with van der Waals surface area (Å²) in [6, 6.07) is 8.65. The van der Waals surface area contributed by atoms with Crippen LogP contribution in [0.15, 0.2) is 24.3 Å². The molecule has 1 aliphatic rings. The van der Waals surface area contributed by atoms with E-state index in [1.54, 1.807) is 0 Å². The molecule has 2 heteroatoms. The molecule has 0 aliphatic carbocycles. The smallest absolute Gasteiger partial charge is 0.0719 e. The van der Waals surface area contributed by atoms with Gasteiger partial charge in [0, 0.05) is 6.61 Å². The fourth-order valence-corrected chi connectivity index (χ4v) is 2.07. The molecule has 0 spiro atoms. The van der Waals surface area contributed by atoms with Gasteiger partial charge in [-0.25, -0.2) is 0 Å². The minimum Gasteiger partial charge on any atom is -0.377 e. The van der Waals surface area contributed by atoms with E-state index in [1.807, 2.05) is 6.92 Å². The van der Waals surface area contributed by atoms with Crippen LogP contribution in [-0.2, 0) is 17.8 Å². The van der Waals surface area contributed by atoms with Crippen LogP contribution in [0.1, 0.15) is 24.5 Å². The van der Waals surface area contributed by atoms with Crippen LogP contribution < -0.4 is 5.32 Å². The Morgan fingerprint density at radius 3 is 2.62 bits per heavy atom. The highest BCUT2D eigenvalue weighted by Gasteiger charge is 2.16. The quantitative estimate of drug-likeness (QED) is 0.793. The average molecular weight is 219 g/mol. The zero-order chi connectivity index (χ0) is 11.2. The number of ether oxygens (including phenoxy) is 1. The number of benzene rings is 1. The van der Waals surface area contributed by atoms with Crippen LogP contribution in [0.2, 0.25) is 0 Å². The molecule has 0 unspecified atom stereocenters. The summed E-state index contributed by atoms with van der Waals surface area (Å²) >= 11 is 0. The van der Waals surface area contributed by atoms with Crippen LogP contribution in [0.3, 0.4) is 0 Å². The summed E-state index contributed by atoms with van der Waals surface area (Å²) in [5.41, 5.74) is 2.82. The summed E-state index contributed by atoms with van der Waals surface area (Å²) in [6.07, 6.45) is 2.49. The molecular weight excluding hydrogens is 198 g/mol. The van der Waals surface area contributed by atoms with Gasteiger partial charge in [0.15, 0.2) is 0 Å². The van der Waals surface area contributed by atoms with Gasteiger partial charge in [0.1, 0.15) is 0 Å². The lowest BCUT2D eigenvalue weighted by molar-refractivity contribution is 0.133. The first kappa shape index (κ1) is 11.6. The third-order valence-electron chi connectivity index (χ3n) is 3.27. The van der Waals surface area contributed by atoms with Crippen molar-refractivity contribution in [2.24, 2.45) is 5.92 Å². The van der Waals surface area contributed by atoms with Crippen molar-refractivity contribution in [1.29, 1.82) is 0 Å².